The second kappa shape index (κ2) is 4.38. The number of rotatable bonds is 3. The molecule has 0 fully saturated rings. The standard InChI is InChI=1S/C7H12N2O2/c1-3-4-11-7(10)5(2)6(8)9/h3H,1,4,8-9H2,2H3. The summed E-state index contributed by atoms with van der Waals surface area (Å²) >= 11 is 0. The van der Waals surface area contributed by atoms with E-state index in [1.165, 1.54) is 13.0 Å². The van der Waals surface area contributed by atoms with Crippen LogP contribution in [0.3, 0.4) is 0 Å². The first-order valence-electron chi connectivity index (χ1n) is 3.09. The van der Waals surface area contributed by atoms with Crippen molar-refractivity contribution in [1.82, 2.24) is 0 Å². The third-order valence-corrected chi connectivity index (χ3v) is 1.07. The summed E-state index contributed by atoms with van der Waals surface area (Å²) in [6, 6.07) is 0. The van der Waals surface area contributed by atoms with Crippen molar-refractivity contribution in [2.45, 2.75) is 6.92 Å². The predicted molar refractivity (Wildman–Crippen MR) is 42.2 cm³/mol. The zero-order valence-corrected chi connectivity index (χ0v) is 6.46. The summed E-state index contributed by atoms with van der Waals surface area (Å²) in [6.07, 6.45) is 1.47. The van der Waals surface area contributed by atoms with Crippen LogP contribution in [0, 0.1) is 0 Å². The van der Waals surface area contributed by atoms with Crippen molar-refractivity contribution in [3.63, 3.8) is 0 Å². The van der Waals surface area contributed by atoms with Gasteiger partial charge in [-0.1, -0.05) is 12.7 Å². The van der Waals surface area contributed by atoms with E-state index in [1.807, 2.05) is 0 Å². The summed E-state index contributed by atoms with van der Waals surface area (Å²) in [5.74, 6) is -0.524. The molecule has 0 aromatic heterocycles. The second-order valence-corrected chi connectivity index (χ2v) is 1.97. The van der Waals surface area contributed by atoms with E-state index in [1.54, 1.807) is 0 Å². The van der Waals surface area contributed by atoms with Crippen LogP contribution in [0.4, 0.5) is 0 Å². The molecule has 62 valence electrons. The van der Waals surface area contributed by atoms with Crippen LogP contribution in [-0.2, 0) is 9.53 Å². The molecule has 4 heteroatoms. The van der Waals surface area contributed by atoms with E-state index in [9.17, 15) is 4.79 Å². The van der Waals surface area contributed by atoms with E-state index in [0.29, 0.717) is 0 Å². The van der Waals surface area contributed by atoms with Gasteiger partial charge in [-0.25, -0.2) is 4.79 Å². The van der Waals surface area contributed by atoms with Gasteiger partial charge in [0.25, 0.3) is 0 Å². The molecule has 0 saturated carbocycles. The fourth-order valence-corrected chi connectivity index (χ4v) is 0.361. The van der Waals surface area contributed by atoms with Crippen LogP contribution in [0.2, 0.25) is 0 Å². The lowest BCUT2D eigenvalue weighted by Gasteiger charge is -2.02. The van der Waals surface area contributed by atoms with E-state index in [-0.39, 0.29) is 18.0 Å². The molecule has 0 atom stereocenters. The Bertz CT molecular complexity index is 193. The average Bonchev–Trinajstić information content (AvgIpc) is 1.98. The highest BCUT2D eigenvalue weighted by molar-refractivity contribution is 5.88. The van der Waals surface area contributed by atoms with Crippen molar-refractivity contribution in [1.29, 1.82) is 0 Å². The van der Waals surface area contributed by atoms with Crippen molar-refractivity contribution in [3.05, 3.63) is 24.0 Å². The van der Waals surface area contributed by atoms with Gasteiger partial charge in [0.15, 0.2) is 0 Å². The highest BCUT2D eigenvalue weighted by Crippen LogP contribution is 1.96. The first-order valence-corrected chi connectivity index (χ1v) is 3.09. The molecule has 4 N–H and O–H groups in total. The smallest absolute Gasteiger partial charge is 0.337 e. The van der Waals surface area contributed by atoms with Crippen LogP contribution in [0.1, 0.15) is 6.92 Å². The van der Waals surface area contributed by atoms with Crippen LogP contribution in [0.25, 0.3) is 0 Å². The molecule has 0 heterocycles. The zero-order valence-electron chi connectivity index (χ0n) is 6.46. The summed E-state index contributed by atoms with van der Waals surface area (Å²) < 4.78 is 4.64. The first kappa shape index (κ1) is 9.55. The number of carbonyl (C=O) groups excluding carboxylic acids is 1. The van der Waals surface area contributed by atoms with Crippen molar-refractivity contribution in [2.75, 3.05) is 6.61 Å². The van der Waals surface area contributed by atoms with Crippen LogP contribution in [0.5, 0.6) is 0 Å². The summed E-state index contributed by atoms with van der Waals surface area (Å²) in [6.45, 7) is 5.05. The minimum atomic E-state index is -0.509. The van der Waals surface area contributed by atoms with Gasteiger partial charge in [-0.2, -0.15) is 0 Å². The number of nitrogens with two attached hydrogens (primary N) is 2. The van der Waals surface area contributed by atoms with Crippen LogP contribution < -0.4 is 11.5 Å². The Kier molecular flexibility index (Phi) is 3.80. The van der Waals surface area contributed by atoms with Crippen molar-refractivity contribution in [3.8, 4) is 0 Å². The minimum absolute atomic E-state index is 0.0148. The SMILES string of the molecule is C=CCOC(=O)C(C)=C(N)N. The average molecular weight is 156 g/mol. The normalized spacial score (nSPS) is 8.45. The van der Waals surface area contributed by atoms with Crippen molar-refractivity contribution < 1.29 is 9.53 Å². The molecule has 0 amide bonds. The molecule has 0 rings (SSSR count). The second-order valence-electron chi connectivity index (χ2n) is 1.97. The van der Waals surface area contributed by atoms with E-state index < -0.39 is 5.97 Å². The van der Waals surface area contributed by atoms with E-state index in [4.69, 9.17) is 11.5 Å². The van der Waals surface area contributed by atoms with Crippen LogP contribution in [-0.4, -0.2) is 12.6 Å². The van der Waals surface area contributed by atoms with E-state index in [2.05, 4.69) is 11.3 Å². The summed E-state index contributed by atoms with van der Waals surface area (Å²) in [7, 11) is 0. The largest absolute Gasteiger partial charge is 0.458 e. The summed E-state index contributed by atoms with van der Waals surface area (Å²) in [4.78, 5) is 10.9. The fraction of sp³-hybridized carbons (Fsp3) is 0.286. The quantitative estimate of drug-likeness (QED) is 0.339. The van der Waals surface area contributed by atoms with Gasteiger partial charge >= 0.3 is 5.97 Å². The maximum atomic E-state index is 10.9. The summed E-state index contributed by atoms with van der Waals surface area (Å²) in [5.41, 5.74) is 10.5. The molecule has 0 unspecified atom stereocenters. The molecule has 0 aromatic carbocycles. The number of ether oxygens (including phenoxy) is 1. The number of carbonyl (C=O) groups is 1. The Labute approximate surface area is 65.5 Å². The third kappa shape index (κ3) is 3.30. The van der Waals surface area contributed by atoms with E-state index >= 15 is 0 Å². The minimum Gasteiger partial charge on any atom is -0.458 e. The van der Waals surface area contributed by atoms with Crippen LogP contribution in [0.15, 0.2) is 24.0 Å². The molecule has 0 saturated heterocycles. The van der Waals surface area contributed by atoms with E-state index in [0.717, 1.165) is 0 Å². The highest BCUT2D eigenvalue weighted by Gasteiger charge is 2.06. The number of hydrogen-bond donors (Lipinski definition) is 2. The van der Waals surface area contributed by atoms with Crippen molar-refractivity contribution in [2.24, 2.45) is 11.5 Å². The Balaban J connectivity index is 4.04. The maximum Gasteiger partial charge on any atom is 0.337 e. The lowest BCUT2D eigenvalue weighted by molar-refractivity contribution is -0.137. The predicted octanol–water partition coefficient (Wildman–Crippen LogP) is -0.135. The monoisotopic (exact) mass is 156 g/mol. The lowest BCUT2D eigenvalue weighted by Crippen LogP contribution is -2.17. The molecule has 11 heavy (non-hydrogen) atoms. The molecule has 0 aliphatic rings. The molecular weight excluding hydrogens is 144 g/mol. The first-order chi connectivity index (χ1) is 5.09. The Morgan fingerprint density at radius 3 is 2.55 bits per heavy atom. The number of esters is 1. The van der Waals surface area contributed by atoms with Gasteiger partial charge in [0, 0.05) is 0 Å². The Morgan fingerprint density at radius 1 is 1.64 bits per heavy atom. The zero-order chi connectivity index (χ0) is 8.85. The van der Waals surface area contributed by atoms with Gasteiger partial charge in [-0.15, -0.1) is 0 Å². The maximum absolute atomic E-state index is 10.9. The molecule has 4 nitrogen and oxygen atoms in total. The van der Waals surface area contributed by atoms with Gasteiger partial charge in [0.05, 0.1) is 5.57 Å². The third-order valence-electron chi connectivity index (χ3n) is 1.07. The molecule has 0 bridgehead atoms. The molecule has 0 spiro atoms. The van der Waals surface area contributed by atoms with Gasteiger partial charge in [0.1, 0.15) is 12.4 Å². The molecule has 0 aromatic rings. The molecular formula is C7H12N2O2. The van der Waals surface area contributed by atoms with Gasteiger partial charge in [0.2, 0.25) is 0 Å². The Hall–Kier alpha value is -1.45. The van der Waals surface area contributed by atoms with Crippen molar-refractivity contribution >= 4 is 5.97 Å². The van der Waals surface area contributed by atoms with Gasteiger partial charge < -0.3 is 16.2 Å². The topological polar surface area (TPSA) is 78.3 Å². The van der Waals surface area contributed by atoms with Gasteiger partial charge in [-0.05, 0) is 6.92 Å². The van der Waals surface area contributed by atoms with Gasteiger partial charge in [-0.3, -0.25) is 0 Å². The van der Waals surface area contributed by atoms with Crippen LogP contribution >= 0.6 is 0 Å². The lowest BCUT2D eigenvalue weighted by atomic mass is 10.3. The Morgan fingerprint density at radius 2 is 2.18 bits per heavy atom. The molecule has 0 radical (unpaired) electrons. The molecule has 0 aliphatic heterocycles. The number of hydrogen-bond acceptors (Lipinski definition) is 4. The highest BCUT2D eigenvalue weighted by atomic mass is 16.5. The fourth-order valence-electron chi connectivity index (χ4n) is 0.361. The molecule has 0 aliphatic carbocycles. The summed E-state index contributed by atoms with van der Waals surface area (Å²) in [5, 5.41) is 0.